The first-order chi connectivity index (χ1) is 15.6. The normalized spacial score (nSPS) is 14.1. The van der Waals surface area contributed by atoms with E-state index in [2.05, 4.69) is 20.2 Å². The molecule has 2 N–H and O–H groups in total. The number of fused-ring (bicyclic) bond motifs is 1. The van der Waals surface area contributed by atoms with Crippen LogP contribution in [0.2, 0.25) is 0 Å². The van der Waals surface area contributed by atoms with Crippen molar-refractivity contribution in [3.05, 3.63) is 47.4 Å². The van der Waals surface area contributed by atoms with Crippen LogP contribution in [0.1, 0.15) is 41.0 Å². The van der Waals surface area contributed by atoms with Gasteiger partial charge in [0.1, 0.15) is 23.7 Å². The molecule has 4 heterocycles. The molecule has 182 valence electrons. The number of nitrogens with two attached hydrogens (primary N) is 1. The van der Waals surface area contributed by atoms with Crippen LogP contribution in [-0.2, 0) is 13.1 Å². The Bertz CT molecular complexity index is 1200. The minimum absolute atomic E-state index is 0. The van der Waals surface area contributed by atoms with Crippen molar-refractivity contribution in [2.24, 2.45) is 5.73 Å². The number of aromatic nitrogens is 5. The fraction of sp³-hybridized carbons (Fsp3) is 0.381. The van der Waals surface area contributed by atoms with Gasteiger partial charge in [0.05, 0.1) is 24.2 Å². The van der Waals surface area contributed by atoms with Gasteiger partial charge in [0, 0.05) is 32.2 Å². The van der Waals surface area contributed by atoms with E-state index in [0.717, 1.165) is 5.56 Å². The highest BCUT2D eigenvalue weighted by Gasteiger charge is 2.34. The Hall–Kier alpha value is -3.19. The maximum atomic E-state index is 13.2. The minimum atomic E-state index is -4.33. The van der Waals surface area contributed by atoms with Gasteiger partial charge in [-0.25, -0.2) is 9.97 Å². The molecule has 0 radical (unpaired) electrons. The van der Waals surface area contributed by atoms with E-state index in [9.17, 15) is 18.0 Å². The lowest BCUT2D eigenvalue weighted by molar-refractivity contribution is -0.141. The Morgan fingerprint density at radius 2 is 1.97 bits per heavy atom. The van der Waals surface area contributed by atoms with E-state index in [-0.39, 0.29) is 38.3 Å². The zero-order valence-corrected chi connectivity index (χ0v) is 19.8. The maximum Gasteiger partial charge on any atom is 0.391 e. The zero-order chi connectivity index (χ0) is 23.9. The van der Waals surface area contributed by atoms with E-state index < -0.39 is 18.6 Å². The predicted molar refractivity (Wildman–Crippen MR) is 126 cm³/mol. The second-order valence-electron chi connectivity index (χ2n) is 8.05. The molecule has 0 aliphatic carbocycles. The van der Waals surface area contributed by atoms with Gasteiger partial charge in [0.2, 0.25) is 0 Å². The van der Waals surface area contributed by atoms with Crippen LogP contribution >= 0.6 is 13.5 Å². The van der Waals surface area contributed by atoms with Gasteiger partial charge in [-0.1, -0.05) is 6.07 Å². The van der Waals surface area contributed by atoms with Gasteiger partial charge in [0.25, 0.3) is 5.91 Å². The molecule has 13 heteroatoms. The van der Waals surface area contributed by atoms with Crippen molar-refractivity contribution < 1.29 is 18.0 Å². The summed E-state index contributed by atoms with van der Waals surface area (Å²) in [4.78, 5) is 25.6. The van der Waals surface area contributed by atoms with Gasteiger partial charge in [-0.3, -0.25) is 9.69 Å². The van der Waals surface area contributed by atoms with Crippen molar-refractivity contribution in [2.45, 2.75) is 38.7 Å². The second kappa shape index (κ2) is 9.58. The number of amides is 1. The number of halogens is 3. The van der Waals surface area contributed by atoms with Crippen LogP contribution in [-0.4, -0.2) is 50.9 Å². The third-order valence-corrected chi connectivity index (χ3v) is 5.45. The van der Waals surface area contributed by atoms with E-state index in [1.165, 1.54) is 22.7 Å². The molecule has 0 saturated carbocycles. The molecule has 1 atom stereocenters. The summed E-state index contributed by atoms with van der Waals surface area (Å²) < 4.78 is 40.0. The van der Waals surface area contributed by atoms with Crippen LogP contribution in [0.3, 0.4) is 0 Å². The highest BCUT2D eigenvalue weighted by Crippen LogP contribution is 2.33. The highest BCUT2D eigenvalue weighted by molar-refractivity contribution is 7.59. The van der Waals surface area contributed by atoms with Gasteiger partial charge < -0.3 is 15.2 Å². The smallest absolute Gasteiger partial charge is 0.363 e. The lowest BCUT2D eigenvalue weighted by Gasteiger charge is -2.18. The average Bonchev–Trinajstić information content (AvgIpc) is 3.37. The number of carbonyl (C=O) groups excluding carboxylic acids is 1. The van der Waals surface area contributed by atoms with Crippen LogP contribution < -0.4 is 15.5 Å². The van der Waals surface area contributed by atoms with Crippen LogP contribution in [0.15, 0.2) is 30.6 Å². The second-order valence-corrected chi connectivity index (χ2v) is 8.05. The molecule has 0 spiro atoms. The van der Waals surface area contributed by atoms with Crippen LogP contribution in [0.25, 0.3) is 11.5 Å². The summed E-state index contributed by atoms with van der Waals surface area (Å²) in [6.07, 6.45) is -4.11. The topological polar surface area (TPSA) is 106 Å². The maximum absolute atomic E-state index is 13.2. The summed E-state index contributed by atoms with van der Waals surface area (Å²) in [6.45, 7) is 1.86. The van der Waals surface area contributed by atoms with Crippen LogP contribution in [0, 0.1) is 0 Å². The molecule has 4 rings (SSSR count). The Balaban J connectivity index is 0.00000324. The van der Waals surface area contributed by atoms with Crippen molar-refractivity contribution in [1.29, 1.82) is 0 Å². The molecule has 1 amide bonds. The van der Waals surface area contributed by atoms with Gasteiger partial charge in [-0.15, -0.1) is 10.2 Å². The highest BCUT2D eigenvalue weighted by atomic mass is 32.1. The molecular formula is C21H25F3N8OS. The predicted octanol–water partition coefficient (Wildman–Crippen LogP) is 3.05. The van der Waals surface area contributed by atoms with Gasteiger partial charge in [0.15, 0.2) is 5.82 Å². The number of pyridine rings is 2. The van der Waals surface area contributed by atoms with Crippen molar-refractivity contribution in [3.8, 4) is 11.5 Å². The molecule has 0 aromatic carbocycles. The van der Waals surface area contributed by atoms with Crippen molar-refractivity contribution in [3.63, 3.8) is 0 Å². The molecule has 0 bridgehead atoms. The molecule has 0 unspecified atom stereocenters. The SMILES string of the molecule is C[C@@H](CC(F)(F)F)n1cnnc1-c1cccc(N2Cc3c(cc(N(C)C)nc3CN)C2=O)n1.S. The lowest BCUT2D eigenvalue weighted by Crippen LogP contribution is -2.24. The first kappa shape index (κ1) is 25.4. The summed E-state index contributed by atoms with van der Waals surface area (Å²) in [5.41, 5.74) is 8.06. The van der Waals surface area contributed by atoms with Gasteiger partial charge >= 0.3 is 6.18 Å². The number of nitrogens with zero attached hydrogens (tertiary/aromatic N) is 7. The summed E-state index contributed by atoms with van der Waals surface area (Å²) in [5.74, 6) is 0.915. The summed E-state index contributed by atoms with van der Waals surface area (Å²) in [6, 6.07) is 5.76. The lowest BCUT2D eigenvalue weighted by atomic mass is 10.1. The Morgan fingerprint density at radius 3 is 2.62 bits per heavy atom. The molecular weight excluding hydrogens is 469 g/mol. The zero-order valence-electron chi connectivity index (χ0n) is 18.8. The fourth-order valence-electron chi connectivity index (χ4n) is 3.82. The van der Waals surface area contributed by atoms with E-state index >= 15 is 0 Å². The number of rotatable bonds is 6. The summed E-state index contributed by atoms with van der Waals surface area (Å²) in [5, 5.41) is 7.74. The van der Waals surface area contributed by atoms with E-state index in [1.54, 1.807) is 29.2 Å². The average molecular weight is 495 g/mol. The molecule has 1 aliphatic heterocycles. The van der Waals surface area contributed by atoms with E-state index in [4.69, 9.17) is 5.73 Å². The quantitative estimate of drug-likeness (QED) is 0.561. The molecule has 0 fully saturated rings. The van der Waals surface area contributed by atoms with Crippen LogP contribution in [0.5, 0.6) is 0 Å². The standard InChI is InChI=1S/C21H23F3N8O.H2S/c1-12(8-21(22,23)24)32-11-26-29-19(32)15-5-4-6-17(27-15)31-10-14-13(20(31)33)7-18(30(2)3)28-16(14)9-25;/h4-7,11-12H,8-10,25H2,1-3H3;1H2/t12-;/m0./s1. The van der Waals surface area contributed by atoms with Crippen molar-refractivity contribution >= 4 is 31.0 Å². The number of carbonyl (C=O) groups is 1. The van der Waals surface area contributed by atoms with E-state index in [1.807, 2.05) is 14.1 Å². The van der Waals surface area contributed by atoms with Gasteiger partial charge in [-0.2, -0.15) is 26.7 Å². The fourth-order valence-corrected chi connectivity index (χ4v) is 3.82. The third kappa shape index (κ3) is 4.85. The largest absolute Gasteiger partial charge is 0.391 e. The minimum Gasteiger partial charge on any atom is -0.363 e. The number of hydrogen-bond donors (Lipinski definition) is 1. The Labute approximate surface area is 201 Å². The third-order valence-electron chi connectivity index (χ3n) is 5.45. The first-order valence-electron chi connectivity index (χ1n) is 10.2. The van der Waals surface area contributed by atoms with Crippen molar-refractivity contribution in [2.75, 3.05) is 23.9 Å². The monoisotopic (exact) mass is 494 g/mol. The summed E-state index contributed by atoms with van der Waals surface area (Å²) >= 11 is 0. The number of alkyl halides is 3. The number of hydrogen-bond acceptors (Lipinski definition) is 7. The van der Waals surface area contributed by atoms with Crippen LogP contribution in [0.4, 0.5) is 24.8 Å². The molecule has 3 aromatic heterocycles. The van der Waals surface area contributed by atoms with Gasteiger partial charge in [-0.05, 0) is 25.1 Å². The molecule has 0 saturated heterocycles. The molecule has 34 heavy (non-hydrogen) atoms. The first-order valence-corrected chi connectivity index (χ1v) is 10.2. The Morgan fingerprint density at radius 1 is 1.24 bits per heavy atom. The Kier molecular flexibility index (Phi) is 7.17. The van der Waals surface area contributed by atoms with Crippen molar-refractivity contribution in [1.82, 2.24) is 24.7 Å². The molecule has 3 aromatic rings. The van der Waals surface area contributed by atoms with E-state index in [0.29, 0.717) is 28.6 Å². The molecule has 1 aliphatic rings. The summed E-state index contributed by atoms with van der Waals surface area (Å²) in [7, 11) is 3.65. The molecule has 9 nitrogen and oxygen atoms in total. The number of anilines is 2.